The van der Waals surface area contributed by atoms with Crippen LogP contribution in [-0.4, -0.2) is 30.9 Å². The maximum absolute atomic E-state index is 3.55. The smallest absolute Gasteiger partial charge is 0.0136 e. The van der Waals surface area contributed by atoms with E-state index in [4.69, 9.17) is 0 Å². The summed E-state index contributed by atoms with van der Waals surface area (Å²) >= 11 is 1.88. The molecule has 2 nitrogen and oxygen atoms in total. The maximum Gasteiger partial charge on any atom is 0.0136 e. The average Bonchev–Trinajstić information content (AvgIpc) is 2.48. The molecule has 1 aliphatic heterocycles. The van der Waals surface area contributed by atoms with Crippen molar-refractivity contribution in [2.45, 2.75) is 43.4 Å². The number of nitrogens with one attached hydrogen (secondary N) is 1. The Kier molecular flexibility index (Phi) is 6.21. The minimum absolute atomic E-state index is 0.743. The molecule has 2 rings (SSSR count). The molecular formula is C16H26N2S. The predicted octanol–water partition coefficient (Wildman–Crippen LogP) is 3.89. The Balaban J connectivity index is 1.85. The van der Waals surface area contributed by atoms with E-state index >= 15 is 0 Å². The highest BCUT2D eigenvalue weighted by Gasteiger charge is 2.21. The van der Waals surface area contributed by atoms with Gasteiger partial charge in [-0.25, -0.2) is 5.01 Å². The van der Waals surface area contributed by atoms with Gasteiger partial charge in [0.05, 0.1) is 0 Å². The van der Waals surface area contributed by atoms with E-state index in [-0.39, 0.29) is 0 Å². The first kappa shape index (κ1) is 14.9. The average molecular weight is 278 g/mol. The fourth-order valence-electron chi connectivity index (χ4n) is 2.77. The van der Waals surface area contributed by atoms with E-state index in [2.05, 4.69) is 47.9 Å². The van der Waals surface area contributed by atoms with Gasteiger partial charge in [0.15, 0.2) is 0 Å². The second-order valence-electron chi connectivity index (χ2n) is 5.26. The Morgan fingerprint density at radius 2 is 2.00 bits per heavy atom. The van der Waals surface area contributed by atoms with Crippen LogP contribution >= 0.6 is 11.8 Å². The van der Waals surface area contributed by atoms with Gasteiger partial charge in [-0.1, -0.05) is 31.5 Å². The van der Waals surface area contributed by atoms with Crippen LogP contribution in [0, 0.1) is 0 Å². The standard InChI is InChI=1S/C16H26N2S/c1-3-4-11-17-18-12-9-14(10-13-18)15-7-5-6-8-16(15)19-2/h5-8,14,17H,3-4,9-13H2,1-2H3. The van der Waals surface area contributed by atoms with Gasteiger partial charge >= 0.3 is 0 Å². The molecule has 19 heavy (non-hydrogen) atoms. The fraction of sp³-hybridized carbons (Fsp3) is 0.625. The molecule has 1 aromatic rings. The lowest BCUT2D eigenvalue weighted by Crippen LogP contribution is -2.43. The van der Waals surface area contributed by atoms with Gasteiger partial charge < -0.3 is 0 Å². The van der Waals surface area contributed by atoms with Gasteiger partial charge in [-0.3, -0.25) is 5.43 Å². The Hall–Kier alpha value is -0.510. The summed E-state index contributed by atoms with van der Waals surface area (Å²) in [6.45, 7) is 5.73. The van der Waals surface area contributed by atoms with Crippen molar-refractivity contribution in [1.29, 1.82) is 0 Å². The minimum Gasteiger partial charge on any atom is -0.255 e. The number of benzene rings is 1. The lowest BCUT2D eigenvalue weighted by Gasteiger charge is -2.33. The normalized spacial score (nSPS) is 17.8. The van der Waals surface area contributed by atoms with Gasteiger partial charge in [-0.2, -0.15) is 0 Å². The predicted molar refractivity (Wildman–Crippen MR) is 84.7 cm³/mol. The Morgan fingerprint density at radius 3 is 2.68 bits per heavy atom. The number of rotatable bonds is 6. The molecule has 0 aliphatic carbocycles. The molecule has 1 aromatic carbocycles. The largest absolute Gasteiger partial charge is 0.255 e. The zero-order valence-corrected chi connectivity index (χ0v) is 13.0. The first-order valence-corrected chi connectivity index (χ1v) is 8.69. The van der Waals surface area contributed by atoms with E-state index < -0.39 is 0 Å². The summed E-state index contributed by atoms with van der Waals surface area (Å²) in [7, 11) is 0. The molecule has 1 heterocycles. The molecule has 3 heteroatoms. The van der Waals surface area contributed by atoms with Crippen LogP contribution in [0.3, 0.4) is 0 Å². The fourth-order valence-corrected chi connectivity index (χ4v) is 3.45. The number of hydrogen-bond acceptors (Lipinski definition) is 3. The highest BCUT2D eigenvalue weighted by Crippen LogP contribution is 2.33. The van der Waals surface area contributed by atoms with Crippen molar-refractivity contribution < 1.29 is 0 Å². The molecule has 0 unspecified atom stereocenters. The van der Waals surface area contributed by atoms with Crippen LogP contribution in [0.25, 0.3) is 0 Å². The van der Waals surface area contributed by atoms with Crippen molar-refractivity contribution in [3.05, 3.63) is 29.8 Å². The van der Waals surface area contributed by atoms with E-state index in [1.54, 1.807) is 5.56 Å². The first-order valence-electron chi connectivity index (χ1n) is 7.46. The SMILES string of the molecule is CCCCNN1CCC(c2ccccc2SC)CC1. The lowest BCUT2D eigenvalue weighted by molar-refractivity contribution is 0.142. The number of nitrogens with zero attached hydrogens (tertiary/aromatic N) is 1. The quantitative estimate of drug-likeness (QED) is 0.628. The van der Waals surface area contributed by atoms with Gasteiger partial charge in [0.2, 0.25) is 0 Å². The van der Waals surface area contributed by atoms with Crippen LogP contribution in [0.4, 0.5) is 0 Å². The highest BCUT2D eigenvalue weighted by molar-refractivity contribution is 7.98. The topological polar surface area (TPSA) is 15.3 Å². The second kappa shape index (κ2) is 7.93. The molecule has 1 N–H and O–H groups in total. The van der Waals surface area contributed by atoms with Crippen LogP contribution in [0.5, 0.6) is 0 Å². The summed E-state index contributed by atoms with van der Waals surface area (Å²) < 4.78 is 0. The maximum atomic E-state index is 3.55. The number of hydrogen-bond donors (Lipinski definition) is 1. The molecule has 0 spiro atoms. The lowest BCUT2D eigenvalue weighted by atomic mass is 9.90. The summed E-state index contributed by atoms with van der Waals surface area (Å²) in [5, 5.41) is 2.41. The van der Waals surface area contributed by atoms with Gasteiger partial charge in [0.1, 0.15) is 0 Å². The third-order valence-electron chi connectivity index (χ3n) is 3.94. The van der Waals surface area contributed by atoms with Crippen LogP contribution in [-0.2, 0) is 0 Å². The third kappa shape index (κ3) is 4.23. The molecule has 106 valence electrons. The monoisotopic (exact) mass is 278 g/mol. The zero-order valence-electron chi connectivity index (χ0n) is 12.2. The van der Waals surface area contributed by atoms with Crippen molar-refractivity contribution in [2.75, 3.05) is 25.9 Å². The Labute approximate surface area is 121 Å². The van der Waals surface area contributed by atoms with Crippen molar-refractivity contribution in [1.82, 2.24) is 10.4 Å². The molecule has 0 radical (unpaired) electrons. The summed E-state index contributed by atoms with van der Waals surface area (Å²) in [4.78, 5) is 1.46. The van der Waals surface area contributed by atoms with Crippen molar-refractivity contribution in [3.8, 4) is 0 Å². The highest BCUT2D eigenvalue weighted by atomic mass is 32.2. The summed E-state index contributed by atoms with van der Waals surface area (Å²) in [5.41, 5.74) is 5.11. The van der Waals surface area contributed by atoms with Crippen molar-refractivity contribution in [3.63, 3.8) is 0 Å². The van der Waals surface area contributed by atoms with Crippen LogP contribution in [0.1, 0.15) is 44.1 Å². The van der Waals surface area contributed by atoms with Gasteiger partial charge in [0.25, 0.3) is 0 Å². The van der Waals surface area contributed by atoms with E-state index in [0.717, 1.165) is 12.5 Å². The van der Waals surface area contributed by atoms with E-state index in [1.807, 2.05) is 11.8 Å². The molecule has 0 aromatic heterocycles. The van der Waals surface area contributed by atoms with Gasteiger partial charge in [-0.15, -0.1) is 11.8 Å². The number of unbranched alkanes of at least 4 members (excludes halogenated alkanes) is 1. The molecule has 1 saturated heterocycles. The molecule has 1 aliphatic rings. The zero-order chi connectivity index (χ0) is 13.5. The van der Waals surface area contributed by atoms with Crippen LogP contribution < -0.4 is 5.43 Å². The molecule has 1 fully saturated rings. The number of hydrazine groups is 1. The number of thioether (sulfide) groups is 1. The Morgan fingerprint density at radius 1 is 1.26 bits per heavy atom. The van der Waals surface area contributed by atoms with Gasteiger partial charge in [-0.05, 0) is 43.1 Å². The molecule has 0 bridgehead atoms. The van der Waals surface area contributed by atoms with Crippen LogP contribution in [0.2, 0.25) is 0 Å². The first-order chi connectivity index (χ1) is 9.35. The third-order valence-corrected chi connectivity index (χ3v) is 4.75. The van der Waals surface area contributed by atoms with E-state index in [9.17, 15) is 0 Å². The van der Waals surface area contributed by atoms with Crippen molar-refractivity contribution >= 4 is 11.8 Å². The summed E-state index contributed by atoms with van der Waals surface area (Å²) in [6, 6.07) is 8.90. The minimum atomic E-state index is 0.743. The summed E-state index contributed by atoms with van der Waals surface area (Å²) in [6.07, 6.45) is 7.27. The molecule has 0 atom stereocenters. The second-order valence-corrected chi connectivity index (χ2v) is 6.11. The van der Waals surface area contributed by atoms with Crippen LogP contribution in [0.15, 0.2) is 29.2 Å². The molecular weight excluding hydrogens is 252 g/mol. The van der Waals surface area contributed by atoms with Gasteiger partial charge in [0, 0.05) is 24.5 Å². The Bertz CT molecular complexity index is 373. The molecule has 0 saturated carbocycles. The summed E-state index contributed by atoms with van der Waals surface area (Å²) in [5.74, 6) is 0.743. The van der Waals surface area contributed by atoms with E-state index in [1.165, 1.54) is 43.7 Å². The molecule has 0 amide bonds. The number of piperidine rings is 1. The van der Waals surface area contributed by atoms with E-state index in [0.29, 0.717) is 0 Å². The van der Waals surface area contributed by atoms with Crippen molar-refractivity contribution in [2.24, 2.45) is 0 Å².